The van der Waals surface area contributed by atoms with Crippen molar-refractivity contribution in [1.29, 1.82) is 0 Å². The first-order valence-corrected chi connectivity index (χ1v) is 7.60. The molecule has 1 amide bonds. The number of nitrogens with one attached hydrogen (secondary N) is 1. The molecule has 1 N–H and O–H groups in total. The molecular weight excluding hydrogens is 316 g/mol. The number of methoxy groups -OCH3 is 1. The molecule has 0 saturated carbocycles. The van der Waals surface area contributed by atoms with Crippen molar-refractivity contribution in [2.75, 3.05) is 7.11 Å². The second kappa shape index (κ2) is 6.86. The number of carbonyl (C=O) groups excluding carboxylic acids is 1. The SMILES string of the molecule is COc1cccc(C(=O)NC2CCc3ccccc32)c1OC(F)F. The third kappa shape index (κ3) is 3.18. The predicted molar refractivity (Wildman–Crippen MR) is 84.6 cm³/mol. The van der Waals surface area contributed by atoms with Gasteiger partial charge in [-0.3, -0.25) is 4.79 Å². The van der Waals surface area contributed by atoms with Crippen LogP contribution < -0.4 is 14.8 Å². The topological polar surface area (TPSA) is 47.6 Å². The van der Waals surface area contributed by atoms with Crippen LogP contribution in [-0.4, -0.2) is 19.6 Å². The van der Waals surface area contributed by atoms with Gasteiger partial charge in [0.25, 0.3) is 5.91 Å². The standard InChI is InChI=1S/C18H17F2NO3/c1-23-15-8-4-7-13(16(15)24-18(19)20)17(22)21-14-10-9-11-5-2-3-6-12(11)14/h2-8,14,18H,9-10H2,1H3,(H,21,22). The van der Waals surface area contributed by atoms with Gasteiger partial charge in [0.15, 0.2) is 11.5 Å². The lowest BCUT2D eigenvalue weighted by molar-refractivity contribution is -0.0515. The van der Waals surface area contributed by atoms with Gasteiger partial charge >= 0.3 is 6.61 Å². The summed E-state index contributed by atoms with van der Waals surface area (Å²) >= 11 is 0. The van der Waals surface area contributed by atoms with Crippen molar-refractivity contribution in [1.82, 2.24) is 5.32 Å². The van der Waals surface area contributed by atoms with Gasteiger partial charge in [0.1, 0.15) is 0 Å². The molecule has 24 heavy (non-hydrogen) atoms. The molecule has 0 radical (unpaired) electrons. The molecule has 0 bridgehead atoms. The third-order valence-electron chi connectivity index (χ3n) is 4.09. The lowest BCUT2D eigenvalue weighted by atomic mass is 10.1. The number of carbonyl (C=O) groups is 1. The lowest BCUT2D eigenvalue weighted by Gasteiger charge is -2.17. The minimum atomic E-state index is -3.04. The maximum absolute atomic E-state index is 12.7. The fourth-order valence-electron chi connectivity index (χ4n) is 3.01. The van der Waals surface area contributed by atoms with Gasteiger partial charge in [0, 0.05) is 0 Å². The zero-order valence-corrected chi connectivity index (χ0v) is 13.1. The second-order valence-electron chi connectivity index (χ2n) is 5.48. The summed E-state index contributed by atoms with van der Waals surface area (Å²) < 4.78 is 34.9. The summed E-state index contributed by atoms with van der Waals surface area (Å²) in [6.07, 6.45) is 1.65. The molecule has 0 aliphatic heterocycles. The number of amides is 1. The Morgan fingerprint density at radius 2 is 2.00 bits per heavy atom. The van der Waals surface area contributed by atoms with E-state index in [1.807, 2.05) is 24.3 Å². The molecule has 0 saturated heterocycles. The Labute approximate surface area is 138 Å². The zero-order chi connectivity index (χ0) is 17.1. The van der Waals surface area contributed by atoms with Crippen molar-refractivity contribution in [3.63, 3.8) is 0 Å². The van der Waals surface area contributed by atoms with Crippen LogP contribution in [0.3, 0.4) is 0 Å². The van der Waals surface area contributed by atoms with Crippen molar-refractivity contribution in [3.05, 3.63) is 59.2 Å². The number of hydrogen-bond acceptors (Lipinski definition) is 3. The minimum Gasteiger partial charge on any atom is -0.493 e. The highest BCUT2D eigenvalue weighted by Crippen LogP contribution is 2.34. The average Bonchev–Trinajstić information content (AvgIpc) is 2.97. The third-order valence-corrected chi connectivity index (χ3v) is 4.09. The van der Waals surface area contributed by atoms with E-state index in [-0.39, 0.29) is 23.1 Å². The smallest absolute Gasteiger partial charge is 0.387 e. The predicted octanol–water partition coefficient (Wildman–Crippen LogP) is 3.71. The number of ether oxygens (including phenoxy) is 2. The van der Waals surface area contributed by atoms with Gasteiger partial charge < -0.3 is 14.8 Å². The molecular formula is C18H17F2NO3. The molecule has 4 nitrogen and oxygen atoms in total. The van der Waals surface area contributed by atoms with Gasteiger partial charge in [-0.1, -0.05) is 30.3 Å². The first kappa shape index (κ1) is 16.2. The maximum Gasteiger partial charge on any atom is 0.387 e. The van der Waals surface area contributed by atoms with Crippen LogP contribution in [0, 0.1) is 0 Å². The van der Waals surface area contributed by atoms with Crippen molar-refractivity contribution >= 4 is 5.91 Å². The maximum atomic E-state index is 12.7. The number of aryl methyl sites for hydroxylation is 1. The second-order valence-corrected chi connectivity index (χ2v) is 5.48. The molecule has 1 unspecified atom stereocenters. The van der Waals surface area contributed by atoms with Crippen LogP contribution in [0.25, 0.3) is 0 Å². The van der Waals surface area contributed by atoms with E-state index in [4.69, 9.17) is 4.74 Å². The first-order valence-electron chi connectivity index (χ1n) is 7.60. The van der Waals surface area contributed by atoms with E-state index in [0.717, 1.165) is 18.4 Å². The van der Waals surface area contributed by atoms with Gasteiger partial charge in [-0.05, 0) is 36.1 Å². The molecule has 0 fully saturated rings. The van der Waals surface area contributed by atoms with Crippen molar-refractivity contribution in [2.24, 2.45) is 0 Å². The number of rotatable bonds is 5. The van der Waals surface area contributed by atoms with Crippen LogP contribution in [0.5, 0.6) is 11.5 Å². The summed E-state index contributed by atoms with van der Waals surface area (Å²) in [6.45, 7) is -3.04. The van der Waals surface area contributed by atoms with E-state index in [9.17, 15) is 13.6 Å². The number of hydrogen-bond donors (Lipinski definition) is 1. The minimum absolute atomic E-state index is 0.0269. The molecule has 0 heterocycles. The Bertz CT molecular complexity index is 749. The summed E-state index contributed by atoms with van der Waals surface area (Å²) in [6, 6.07) is 12.2. The summed E-state index contributed by atoms with van der Waals surface area (Å²) in [7, 11) is 1.34. The van der Waals surface area contributed by atoms with E-state index >= 15 is 0 Å². The highest BCUT2D eigenvalue weighted by Gasteiger charge is 2.26. The van der Waals surface area contributed by atoms with Crippen LogP contribution in [0.4, 0.5) is 8.78 Å². The van der Waals surface area contributed by atoms with Gasteiger partial charge in [0.2, 0.25) is 0 Å². The summed E-state index contributed by atoms with van der Waals surface area (Å²) in [5.41, 5.74) is 2.28. The van der Waals surface area contributed by atoms with Crippen LogP contribution >= 0.6 is 0 Å². The van der Waals surface area contributed by atoms with Crippen molar-refractivity contribution in [2.45, 2.75) is 25.5 Å². The average molecular weight is 333 g/mol. The largest absolute Gasteiger partial charge is 0.493 e. The molecule has 2 aromatic rings. The Balaban J connectivity index is 1.86. The van der Waals surface area contributed by atoms with Gasteiger partial charge in [-0.15, -0.1) is 0 Å². The highest BCUT2D eigenvalue weighted by molar-refractivity contribution is 5.98. The van der Waals surface area contributed by atoms with Crippen LogP contribution in [0.2, 0.25) is 0 Å². The Kier molecular flexibility index (Phi) is 4.64. The molecule has 0 spiro atoms. The van der Waals surface area contributed by atoms with E-state index in [1.54, 1.807) is 6.07 Å². The Hall–Kier alpha value is -2.63. The van der Waals surface area contributed by atoms with Gasteiger partial charge in [0.05, 0.1) is 18.7 Å². The van der Waals surface area contributed by atoms with Crippen LogP contribution in [0.15, 0.2) is 42.5 Å². The quantitative estimate of drug-likeness (QED) is 0.907. The Morgan fingerprint density at radius 3 is 2.75 bits per heavy atom. The number of benzene rings is 2. The van der Waals surface area contributed by atoms with E-state index in [1.165, 1.54) is 24.8 Å². The van der Waals surface area contributed by atoms with E-state index in [2.05, 4.69) is 10.1 Å². The van der Waals surface area contributed by atoms with Gasteiger partial charge in [-0.25, -0.2) is 0 Å². The summed E-state index contributed by atoms with van der Waals surface area (Å²) in [4.78, 5) is 12.6. The van der Waals surface area contributed by atoms with E-state index < -0.39 is 12.5 Å². The Morgan fingerprint density at radius 1 is 1.21 bits per heavy atom. The fraction of sp³-hybridized carbons (Fsp3) is 0.278. The highest BCUT2D eigenvalue weighted by atomic mass is 19.3. The molecule has 3 rings (SSSR count). The fourth-order valence-corrected chi connectivity index (χ4v) is 3.01. The first-order chi connectivity index (χ1) is 11.6. The molecule has 126 valence electrons. The molecule has 2 aromatic carbocycles. The zero-order valence-electron chi connectivity index (χ0n) is 13.1. The number of halogens is 2. The summed E-state index contributed by atoms with van der Waals surface area (Å²) in [5.74, 6) is -0.625. The molecule has 1 aliphatic carbocycles. The van der Waals surface area contributed by atoms with Crippen LogP contribution in [0.1, 0.15) is 33.9 Å². The number of alkyl halides is 2. The number of para-hydroxylation sites is 1. The normalized spacial score (nSPS) is 15.9. The summed E-state index contributed by atoms with van der Waals surface area (Å²) in [5, 5.41) is 2.90. The molecule has 1 atom stereocenters. The van der Waals surface area contributed by atoms with E-state index in [0.29, 0.717) is 0 Å². The number of fused-ring (bicyclic) bond motifs is 1. The van der Waals surface area contributed by atoms with Crippen molar-refractivity contribution < 1.29 is 23.0 Å². The molecule has 6 heteroatoms. The lowest BCUT2D eigenvalue weighted by Crippen LogP contribution is -2.28. The monoisotopic (exact) mass is 333 g/mol. The molecule has 0 aromatic heterocycles. The van der Waals surface area contributed by atoms with Crippen LogP contribution in [-0.2, 0) is 6.42 Å². The van der Waals surface area contributed by atoms with Gasteiger partial charge in [-0.2, -0.15) is 8.78 Å². The molecule has 1 aliphatic rings. The van der Waals surface area contributed by atoms with Crippen molar-refractivity contribution in [3.8, 4) is 11.5 Å².